The van der Waals surface area contributed by atoms with Gasteiger partial charge in [0.2, 0.25) is 6.29 Å². The highest BCUT2D eigenvalue weighted by Crippen LogP contribution is 2.14. The van der Waals surface area contributed by atoms with Crippen molar-refractivity contribution in [3.8, 4) is 0 Å². The second-order valence-corrected chi connectivity index (χ2v) is 2.98. The van der Waals surface area contributed by atoms with E-state index in [1.165, 1.54) is 18.7 Å². The second kappa shape index (κ2) is 4.15. The van der Waals surface area contributed by atoms with Crippen molar-refractivity contribution >= 4 is 5.97 Å². The van der Waals surface area contributed by atoms with Crippen LogP contribution in [0.4, 0.5) is 0 Å². The summed E-state index contributed by atoms with van der Waals surface area (Å²) in [6.45, 7) is 0.656. The lowest BCUT2D eigenvalue weighted by molar-refractivity contribution is -0.0776. The third-order valence-corrected chi connectivity index (χ3v) is 1.92. The maximum Gasteiger partial charge on any atom is 0.343 e. The maximum absolute atomic E-state index is 11.4. The van der Waals surface area contributed by atoms with Crippen LogP contribution >= 0.6 is 0 Å². The van der Waals surface area contributed by atoms with Gasteiger partial charge in [0.05, 0.1) is 12.2 Å². The molecule has 0 unspecified atom stereocenters. The Balaban J connectivity index is 1.95. The van der Waals surface area contributed by atoms with Crippen molar-refractivity contribution in [1.82, 2.24) is 9.97 Å². The molecule has 0 N–H and O–H groups in total. The van der Waals surface area contributed by atoms with E-state index in [2.05, 4.69) is 9.97 Å². The molecular weight excluding hydrogens is 184 g/mol. The highest BCUT2D eigenvalue weighted by molar-refractivity contribution is 5.88. The first-order valence-electron chi connectivity index (χ1n) is 4.44. The van der Waals surface area contributed by atoms with Crippen molar-refractivity contribution in [3.05, 3.63) is 24.3 Å². The van der Waals surface area contributed by atoms with Gasteiger partial charge in [-0.25, -0.2) is 14.8 Å². The quantitative estimate of drug-likeness (QED) is 0.651. The second-order valence-electron chi connectivity index (χ2n) is 2.98. The fourth-order valence-corrected chi connectivity index (χ4v) is 1.23. The SMILES string of the molecule is O=C(O[C@@H]1CCCO1)c1cncnc1. The van der Waals surface area contributed by atoms with Gasteiger partial charge < -0.3 is 9.47 Å². The van der Waals surface area contributed by atoms with Gasteiger partial charge in [-0.05, 0) is 6.42 Å². The summed E-state index contributed by atoms with van der Waals surface area (Å²) in [4.78, 5) is 18.9. The van der Waals surface area contributed by atoms with E-state index in [1.807, 2.05) is 0 Å². The van der Waals surface area contributed by atoms with Crippen molar-refractivity contribution in [2.75, 3.05) is 6.61 Å². The lowest BCUT2D eigenvalue weighted by atomic mass is 10.3. The van der Waals surface area contributed by atoms with Crippen LogP contribution in [0.3, 0.4) is 0 Å². The maximum atomic E-state index is 11.4. The molecule has 0 radical (unpaired) electrons. The predicted octanol–water partition coefficient (Wildman–Crippen LogP) is 0.770. The summed E-state index contributed by atoms with van der Waals surface area (Å²) in [5, 5.41) is 0. The van der Waals surface area contributed by atoms with Gasteiger partial charge in [0.25, 0.3) is 0 Å². The van der Waals surface area contributed by atoms with Crippen molar-refractivity contribution < 1.29 is 14.3 Å². The van der Waals surface area contributed by atoms with Crippen LogP contribution in [0.2, 0.25) is 0 Å². The van der Waals surface area contributed by atoms with Crippen molar-refractivity contribution in [2.45, 2.75) is 19.1 Å². The topological polar surface area (TPSA) is 61.3 Å². The molecule has 1 aliphatic rings. The van der Waals surface area contributed by atoms with Crippen LogP contribution in [-0.2, 0) is 9.47 Å². The minimum atomic E-state index is -0.433. The molecule has 14 heavy (non-hydrogen) atoms. The smallest absolute Gasteiger partial charge is 0.343 e. The summed E-state index contributed by atoms with van der Waals surface area (Å²) in [5.74, 6) is -0.433. The fraction of sp³-hybridized carbons (Fsp3) is 0.444. The average Bonchev–Trinajstić information content (AvgIpc) is 2.72. The molecule has 0 spiro atoms. The first kappa shape index (κ1) is 9.08. The normalized spacial score (nSPS) is 20.7. The van der Waals surface area contributed by atoms with Crippen molar-refractivity contribution in [3.63, 3.8) is 0 Å². The Morgan fingerprint density at radius 1 is 1.50 bits per heavy atom. The zero-order valence-corrected chi connectivity index (χ0v) is 7.55. The minimum Gasteiger partial charge on any atom is -0.432 e. The minimum absolute atomic E-state index is 0.350. The zero-order chi connectivity index (χ0) is 9.80. The largest absolute Gasteiger partial charge is 0.432 e. The monoisotopic (exact) mass is 194 g/mol. The van der Waals surface area contributed by atoms with Crippen molar-refractivity contribution in [2.24, 2.45) is 0 Å². The number of nitrogens with zero attached hydrogens (tertiary/aromatic N) is 2. The first-order valence-corrected chi connectivity index (χ1v) is 4.44. The zero-order valence-electron chi connectivity index (χ0n) is 7.55. The molecule has 1 atom stereocenters. The van der Waals surface area contributed by atoms with Gasteiger partial charge in [-0.15, -0.1) is 0 Å². The molecule has 2 rings (SSSR count). The van der Waals surface area contributed by atoms with Crippen LogP contribution in [0.1, 0.15) is 23.2 Å². The van der Waals surface area contributed by atoms with Crippen LogP contribution in [0.25, 0.3) is 0 Å². The molecule has 0 bridgehead atoms. The van der Waals surface area contributed by atoms with Gasteiger partial charge in [0, 0.05) is 18.8 Å². The average molecular weight is 194 g/mol. The molecule has 1 saturated heterocycles. The number of hydrogen-bond donors (Lipinski definition) is 0. The summed E-state index contributed by atoms with van der Waals surface area (Å²) in [6.07, 6.45) is 5.50. The lowest BCUT2D eigenvalue weighted by Crippen LogP contribution is -2.17. The highest BCUT2D eigenvalue weighted by atomic mass is 16.7. The van der Waals surface area contributed by atoms with Gasteiger partial charge in [0.1, 0.15) is 6.33 Å². The summed E-state index contributed by atoms with van der Waals surface area (Å²) >= 11 is 0. The Labute approximate surface area is 81.1 Å². The number of esters is 1. The molecule has 1 fully saturated rings. The van der Waals surface area contributed by atoms with Crippen molar-refractivity contribution in [1.29, 1.82) is 0 Å². The number of ether oxygens (including phenoxy) is 2. The summed E-state index contributed by atoms with van der Waals surface area (Å²) in [7, 11) is 0. The van der Waals surface area contributed by atoms with Crippen LogP contribution in [-0.4, -0.2) is 28.8 Å². The van der Waals surface area contributed by atoms with E-state index in [0.29, 0.717) is 12.2 Å². The third-order valence-electron chi connectivity index (χ3n) is 1.92. The Kier molecular flexibility index (Phi) is 2.69. The van der Waals surface area contributed by atoms with Crippen LogP contribution < -0.4 is 0 Å². The number of aromatic nitrogens is 2. The highest BCUT2D eigenvalue weighted by Gasteiger charge is 2.20. The van der Waals surface area contributed by atoms with E-state index in [4.69, 9.17) is 9.47 Å². The van der Waals surface area contributed by atoms with E-state index in [0.717, 1.165) is 12.8 Å². The van der Waals surface area contributed by atoms with E-state index in [-0.39, 0.29) is 0 Å². The number of rotatable bonds is 2. The molecule has 1 aromatic rings. The molecular formula is C9H10N2O3. The van der Waals surface area contributed by atoms with E-state index in [1.54, 1.807) is 0 Å². The molecule has 5 heteroatoms. The van der Waals surface area contributed by atoms with Crippen LogP contribution in [0, 0.1) is 0 Å². The summed E-state index contributed by atoms with van der Waals surface area (Å²) in [6, 6.07) is 0. The van der Waals surface area contributed by atoms with E-state index < -0.39 is 12.3 Å². The Bertz CT molecular complexity index is 309. The third kappa shape index (κ3) is 2.05. The molecule has 0 amide bonds. The summed E-state index contributed by atoms with van der Waals surface area (Å²) < 4.78 is 10.2. The van der Waals surface area contributed by atoms with Gasteiger partial charge in [-0.1, -0.05) is 0 Å². The van der Waals surface area contributed by atoms with Gasteiger partial charge in [0.15, 0.2) is 0 Å². The lowest BCUT2D eigenvalue weighted by Gasteiger charge is -2.09. The summed E-state index contributed by atoms with van der Waals surface area (Å²) in [5.41, 5.74) is 0.350. The van der Waals surface area contributed by atoms with Gasteiger partial charge in [-0.2, -0.15) is 0 Å². The Morgan fingerprint density at radius 3 is 2.93 bits per heavy atom. The molecule has 0 aromatic carbocycles. The first-order chi connectivity index (χ1) is 6.86. The Hall–Kier alpha value is -1.49. The molecule has 2 heterocycles. The Morgan fingerprint density at radius 2 is 2.29 bits per heavy atom. The molecule has 74 valence electrons. The number of carbonyl (C=O) groups excluding carboxylic acids is 1. The standard InChI is InChI=1S/C9H10N2O3/c12-9(7-4-10-6-11-5-7)14-8-2-1-3-13-8/h4-6,8H,1-3H2/t8-/m1/s1. The predicted molar refractivity (Wildman–Crippen MR) is 46.4 cm³/mol. The molecule has 5 nitrogen and oxygen atoms in total. The van der Waals surface area contributed by atoms with E-state index in [9.17, 15) is 4.79 Å². The number of hydrogen-bond acceptors (Lipinski definition) is 5. The van der Waals surface area contributed by atoms with Crippen LogP contribution in [0.15, 0.2) is 18.7 Å². The van der Waals surface area contributed by atoms with E-state index >= 15 is 0 Å². The van der Waals surface area contributed by atoms with Crippen LogP contribution in [0.5, 0.6) is 0 Å². The van der Waals surface area contributed by atoms with Gasteiger partial charge >= 0.3 is 5.97 Å². The molecule has 1 aliphatic heterocycles. The fourth-order valence-electron chi connectivity index (χ4n) is 1.23. The number of carbonyl (C=O) groups is 1. The molecule has 1 aromatic heterocycles. The molecule has 0 saturated carbocycles. The molecule has 0 aliphatic carbocycles. The van der Waals surface area contributed by atoms with Gasteiger partial charge in [-0.3, -0.25) is 0 Å².